The summed E-state index contributed by atoms with van der Waals surface area (Å²) in [5.74, 6) is 0. The van der Waals surface area contributed by atoms with E-state index < -0.39 is 0 Å². The molecule has 1 rings (SSSR count). The zero-order valence-electron chi connectivity index (χ0n) is 10.9. The summed E-state index contributed by atoms with van der Waals surface area (Å²) in [6.07, 6.45) is 2.14. The van der Waals surface area contributed by atoms with Crippen molar-refractivity contribution < 1.29 is 0 Å². The lowest BCUT2D eigenvalue weighted by molar-refractivity contribution is 0.266. The Labute approximate surface area is 98.4 Å². The summed E-state index contributed by atoms with van der Waals surface area (Å²) < 4.78 is 1.99. The summed E-state index contributed by atoms with van der Waals surface area (Å²) in [7, 11) is 0. The Morgan fingerprint density at radius 1 is 1.50 bits per heavy atom. The smallest absolute Gasteiger partial charge is 0.0638 e. The largest absolute Gasteiger partial charge is 0.327 e. The van der Waals surface area contributed by atoms with E-state index in [0.29, 0.717) is 0 Å². The van der Waals surface area contributed by atoms with Crippen LogP contribution in [-0.4, -0.2) is 33.8 Å². The van der Waals surface area contributed by atoms with Crippen LogP contribution < -0.4 is 5.73 Å². The van der Waals surface area contributed by atoms with Gasteiger partial charge in [0.25, 0.3) is 0 Å². The fourth-order valence-corrected chi connectivity index (χ4v) is 1.83. The predicted octanol–water partition coefficient (Wildman–Crippen LogP) is 1.38. The molecule has 0 aliphatic rings. The van der Waals surface area contributed by atoms with Crippen molar-refractivity contribution >= 4 is 0 Å². The maximum absolute atomic E-state index is 5.83. The molecule has 4 nitrogen and oxygen atoms in total. The van der Waals surface area contributed by atoms with E-state index in [1.54, 1.807) is 0 Å². The van der Waals surface area contributed by atoms with Gasteiger partial charge in [-0.05, 0) is 27.3 Å². The van der Waals surface area contributed by atoms with Crippen LogP contribution in [0.2, 0.25) is 0 Å². The summed E-state index contributed by atoms with van der Waals surface area (Å²) in [5, 5.41) is 4.45. The first kappa shape index (κ1) is 13.2. The molecule has 0 saturated carbocycles. The van der Waals surface area contributed by atoms with Crippen molar-refractivity contribution in [2.75, 3.05) is 13.1 Å². The van der Waals surface area contributed by atoms with Crippen molar-refractivity contribution in [3.63, 3.8) is 0 Å². The first-order valence-electron chi connectivity index (χ1n) is 6.07. The molecule has 0 unspecified atom stereocenters. The number of rotatable bonds is 6. The number of hydrogen-bond acceptors (Lipinski definition) is 3. The third-order valence-corrected chi connectivity index (χ3v) is 2.76. The van der Waals surface area contributed by atoms with Crippen LogP contribution in [-0.2, 0) is 13.1 Å². The number of nitrogens with two attached hydrogens (primary N) is 1. The van der Waals surface area contributed by atoms with E-state index >= 15 is 0 Å². The number of hydrogen-bond donors (Lipinski definition) is 1. The van der Waals surface area contributed by atoms with E-state index in [1.807, 2.05) is 11.6 Å². The molecule has 0 aliphatic heterocycles. The second kappa shape index (κ2) is 6.01. The second-order valence-electron chi connectivity index (χ2n) is 4.40. The van der Waals surface area contributed by atoms with E-state index in [0.717, 1.165) is 31.9 Å². The lowest BCUT2D eigenvalue weighted by Crippen LogP contribution is -2.35. The molecule has 1 aromatic heterocycles. The molecule has 0 bridgehead atoms. The van der Waals surface area contributed by atoms with Crippen LogP contribution in [0.5, 0.6) is 0 Å². The summed E-state index contributed by atoms with van der Waals surface area (Å²) in [4.78, 5) is 2.36. The van der Waals surface area contributed by atoms with Gasteiger partial charge in [-0.25, -0.2) is 0 Å². The maximum Gasteiger partial charge on any atom is 0.0638 e. The SMILES string of the molecule is CCN(Cc1cn(CC)nc1C)C[C@@H](C)N. The van der Waals surface area contributed by atoms with Crippen LogP contribution in [0.25, 0.3) is 0 Å². The fourth-order valence-electron chi connectivity index (χ4n) is 1.83. The molecular formula is C12H24N4. The van der Waals surface area contributed by atoms with Crippen LogP contribution in [0.1, 0.15) is 32.0 Å². The van der Waals surface area contributed by atoms with Gasteiger partial charge < -0.3 is 5.73 Å². The molecule has 0 radical (unpaired) electrons. The standard InChI is InChI=1S/C12H24N4/c1-5-15(7-10(3)13)8-12-9-16(6-2)14-11(12)4/h9-10H,5-8,13H2,1-4H3/t10-/m1/s1. The predicted molar refractivity (Wildman–Crippen MR) is 67.2 cm³/mol. The topological polar surface area (TPSA) is 47.1 Å². The third kappa shape index (κ3) is 3.61. The molecule has 1 aromatic rings. The van der Waals surface area contributed by atoms with Crippen molar-refractivity contribution in [2.45, 2.75) is 46.8 Å². The Kier molecular flexibility index (Phi) is 4.96. The van der Waals surface area contributed by atoms with E-state index in [1.165, 1.54) is 5.56 Å². The number of aryl methyl sites for hydroxylation is 2. The zero-order chi connectivity index (χ0) is 12.1. The summed E-state index contributed by atoms with van der Waals surface area (Å²) in [6, 6.07) is 0.224. The molecule has 0 saturated heterocycles. The fraction of sp³-hybridized carbons (Fsp3) is 0.750. The van der Waals surface area contributed by atoms with Crippen LogP contribution in [0.4, 0.5) is 0 Å². The highest BCUT2D eigenvalue weighted by Crippen LogP contribution is 2.09. The molecule has 0 aromatic carbocycles. The van der Waals surface area contributed by atoms with Gasteiger partial charge in [-0.15, -0.1) is 0 Å². The number of aromatic nitrogens is 2. The lowest BCUT2D eigenvalue weighted by Gasteiger charge is -2.21. The molecule has 1 heterocycles. The van der Waals surface area contributed by atoms with Crippen LogP contribution >= 0.6 is 0 Å². The second-order valence-corrected chi connectivity index (χ2v) is 4.40. The van der Waals surface area contributed by atoms with Crippen molar-refractivity contribution in [2.24, 2.45) is 5.73 Å². The zero-order valence-corrected chi connectivity index (χ0v) is 10.9. The minimum absolute atomic E-state index is 0.224. The molecule has 0 amide bonds. The van der Waals surface area contributed by atoms with Gasteiger partial charge in [-0.1, -0.05) is 6.92 Å². The highest BCUT2D eigenvalue weighted by atomic mass is 15.3. The quantitative estimate of drug-likeness (QED) is 0.794. The van der Waals surface area contributed by atoms with Gasteiger partial charge in [0.15, 0.2) is 0 Å². The van der Waals surface area contributed by atoms with Gasteiger partial charge in [0.05, 0.1) is 5.69 Å². The average molecular weight is 224 g/mol. The van der Waals surface area contributed by atoms with E-state index in [-0.39, 0.29) is 6.04 Å². The van der Waals surface area contributed by atoms with Crippen molar-refractivity contribution in [3.8, 4) is 0 Å². The summed E-state index contributed by atoms with van der Waals surface area (Å²) in [5.41, 5.74) is 8.27. The molecule has 2 N–H and O–H groups in total. The van der Waals surface area contributed by atoms with E-state index in [4.69, 9.17) is 5.73 Å². The summed E-state index contributed by atoms with van der Waals surface area (Å²) in [6.45, 7) is 12.2. The molecular weight excluding hydrogens is 200 g/mol. The monoisotopic (exact) mass is 224 g/mol. The molecule has 16 heavy (non-hydrogen) atoms. The molecule has 0 spiro atoms. The Morgan fingerprint density at radius 2 is 2.19 bits per heavy atom. The average Bonchev–Trinajstić information content (AvgIpc) is 2.58. The number of nitrogens with zero attached hydrogens (tertiary/aromatic N) is 3. The van der Waals surface area contributed by atoms with Crippen LogP contribution in [0.15, 0.2) is 6.20 Å². The van der Waals surface area contributed by atoms with Gasteiger partial charge in [0, 0.05) is 37.4 Å². The summed E-state index contributed by atoms with van der Waals surface area (Å²) >= 11 is 0. The van der Waals surface area contributed by atoms with Crippen LogP contribution in [0.3, 0.4) is 0 Å². The highest BCUT2D eigenvalue weighted by molar-refractivity contribution is 5.15. The maximum atomic E-state index is 5.83. The minimum Gasteiger partial charge on any atom is -0.327 e. The normalized spacial score (nSPS) is 13.4. The van der Waals surface area contributed by atoms with Crippen molar-refractivity contribution in [1.29, 1.82) is 0 Å². The molecule has 4 heteroatoms. The highest BCUT2D eigenvalue weighted by Gasteiger charge is 2.10. The Bertz CT molecular complexity index is 317. The molecule has 0 aliphatic carbocycles. The van der Waals surface area contributed by atoms with Gasteiger partial charge in [0.1, 0.15) is 0 Å². The first-order valence-corrected chi connectivity index (χ1v) is 6.07. The van der Waals surface area contributed by atoms with Gasteiger partial charge in [0.2, 0.25) is 0 Å². The van der Waals surface area contributed by atoms with E-state index in [2.05, 4.69) is 37.0 Å². The van der Waals surface area contributed by atoms with Crippen molar-refractivity contribution in [1.82, 2.24) is 14.7 Å². The Hall–Kier alpha value is -0.870. The molecule has 1 atom stereocenters. The molecule has 92 valence electrons. The van der Waals surface area contributed by atoms with E-state index in [9.17, 15) is 0 Å². The van der Waals surface area contributed by atoms with Gasteiger partial charge in [-0.2, -0.15) is 5.10 Å². The van der Waals surface area contributed by atoms with Gasteiger partial charge in [-0.3, -0.25) is 9.58 Å². The molecule has 0 fully saturated rings. The minimum atomic E-state index is 0.224. The Balaban J connectivity index is 2.65. The third-order valence-electron chi connectivity index (χ3n) is 2.76. The lowest BCUT2D eigenvalue weighted by atomic mass is 10.2. The van der Waals surface area contributed by atoms with Crippen LogP contribution in [0, 0.1) is 6.92 Å². The van der Waals surface area contributed by atoms with Crippen molar-refractivity contribution in [3.05, 3.63) is 17.5 Å². The number of likely N-dealkylation sites (N-methyl/N-ethyl adjacent to an activating group) is 1. The Morgan fingerprint density at radius 3 is 2.62 bits per heavy atom. The van der Waals surface area contributed by atoms with Gasteiger partial charge >= 0.3 is 0 Å². The first-order chi connectivity index (χ1) is 7.56.